The van der Waals surface area contributed by atoms with Gasteiger partial charge in [0.25, 0.3) is 0 Å². The van der Waals surface area contributed by atoms with Crippen molar-refractivity contribution in [2.45, 2.75) is 18.2 Å². The molecule has 0 heterocycles. The van der Waals surface area contributed by atoms with Crippen LogP contribution in [-0.4, -0.2) is 0 Å². The Bertz CT molecular complexity index is 419. The summed E-state index contributed by atoms with van der Waals surface area (Å²) in [4.78, 5) is 0. The van der Waals surface area contributed by atoms with E-state index in [-0.39, 0.29) is 12.1 Å². The lowest BCUT2D eigenvalue weighted by molar-refractivity contribution is -0.144. The van der Waals surface area contributed by atoms with Crippen molar-refractivity contribution >= 4 is 11.6 Å². The number of benzene rings is 1. The Hall–Kier alpha value is -0.980. The summed E-state index contributed by atoms with van der Waals surface area (Å²) in [5.74, 6) is -2.51. The van der Waals surface area contributed by atoms with Crippen molar-refractivity contribution in [2.75, 3.05) is 0 Å². The molecule has 1 rings (SSSR count). The molecule has 17 heavy (non-hydrogen) atoms. The van der Waals surface area contributed by atoms with Gasteiger partial charge >= 0.3 is 12.4 Å². The topological polar surface area (TPSA) is 0 Å². The van der Waals surface area contributed by atoms with Crippen LogP contribution in [0, 0.1) is 5.82 Å². The fourth-order valence-electron chi connectivity index (χ4n) is 1.21. The number of hydrogen-bond acceptors (Lipinski definition) is 0. The van der Waals surface area contributed by atoms with Crippen molar-refractivity contribution in [3.8, 4) is 0 Å². The molecule has 0 N–H and O–H groups in total. The van der Waals surface area contributed by atoms with Crippen LogP contribution < -0.4 is 0 Å². The van der Waals surface area contributed by atoms with E-state index in [1.54, 1.807) is 0 Å². The van der Waals surface area contributed by atoms with E-state index in [0.717, 1.165) is 0 Å². The lowest BCUT2D eigenvalue weighted by atomic mass is 10.0. The molecule has 0 saturated heterocycles. The van der Waals surface area contributed by atoms with Gasteiger partial charge in [-0.1, -0.05) is 0 Å². The van der Waals surface area contributed by atoms with Gasteiger partial charge in [0, 0.05) is 5.88 Å². The number of alkyl halides is 7. The molecule has 0 nitrogen and oxygen atoms in total. The van der Waals surface area contributed by atoms with E-state index in [9.17, 15) is 30.7 Å². The highest BCUT2D eigenvalue weighted by Crippen LogP contribution is 2.39. The average Bonchev–Trinajstić information content (AvgIpc) is 2.13. The molecule has 1 aromatic rings. The minimum absolute atomic E-state index is 0.151. The van der Waals surface area contributed by atoms with Crippen LogP contribution in [0.4, 0.5) is 30.7 Å². The summed E-state index contributed by atoms with van der Waals surface area (Å²) in [7, 11) is 0. The molecular weight excluding hydrogens is 277 g/mol. The van der Waals surface area contributed by atoms with Crippen molar-refractivity contribution in [3.63, 3.8) is 0 Å². The molecule has 0 spiro atoms. The molecule has 0 aliphatic rings. The maximum Gasteiger partial charge on any atom is 0.419 e. The van der Waals surface area contributed by atoms with Crippen molar-refractivity contribution in [3.05, 3.63) is 34.6 Å². The lowest BCUT2D eigenvalue weighted by Gasteiger charge is -2.15. The monoisotopic (exact) mass is 280 g/mol. The van der Waals surface area contributed by atoms with Crippen LogP contribution in [-0.2, 0) is 18.2 Å². The Morgan fingerprint density at radius 2 is 1.35 bits per heavy atom. The minimum Gasteiger partial charge on any atom is -0.206 e. The van der Waals surface area contributed by atoms with Gasteiger partial charge in [0.05, 0.1) is 11.1 Å². The maximum atomic E-state index is 13.0. The Morgan fingerprint density at radius 1 is 0.882 bits per heavy atom. The summed E-state index contributed by atoms with van der Waals surface area (Å²) in [5, 5.41) is 0. The Labute approximate surface area is 96.0 Å². The number of rotatable bonds is 1. The third-order valence-corrected chi connectivity index (χ3v) is 2.24. The van der Waals surface area contributed by atoms with Gasteiger partial charge in [0.1, 0.15) is 5.82 Å². The summed E-state index contributed by atoms with van der Waals surface area (Å²) >= 11 is 5.13. The molecule has 0 amide bonds. The fraction of sp³-hybridized carbons (Fsp3) is 0.333. The highest BCUT2D eigenvalue weighted by molar-refractivity contribution is 6.17. The van der Waals surface area contributed by atoms with Gasteiger partial charge in [-0.25, -0.2) is 4.39 Å². The second-order valence-electron chi connectivity index (χ2n) is 3.12. The summed E-state index contributed by atoms with van der Waals surface area (Å²) in [6, 6.07) is -0.119. The van der Waals surface area contributed by atoms with Gasteiger partial charge in [-0.3, -0.25) is 0 Å². The molecule has 0 unspecified atom stereocenters. The average molecular weight is 281 g/mol. The van der Waals surface area contributed by atoms with Gasteiger partial charge in [0.15, 0.2) is 0 Å². The van der Waals surface area contributed by atoms with Gasteiger partial charge in [-0.05, 0) is 17.7 Å². The normalized spacial score (nSPS) is 12.9. The fourth-order valence-corrected chi connectivity index (χ4v) is 1.43. The molecule has 0 aliphatic carbocycles. The van der Waals surface area contributed by atoms with Gasteiger partial charge in [-0.15, -0.1) is 11.6 Å². The summed E-state index contributed by atoms with van der Waals surface area (Å²) in [6.45, 7) is 0. The second-order valence-corrected chi connectivity index (χ2v) is 3.39. The van der Waals surface area contributed by atoms with E-state index in [0.29, 0.717) is 0 Å². The molecule has 0 saturated carbocycles. The van der Waals surface area contributed by atoms with Crippen LogP contribution in [0.2, 0.25) is 0 Å². The van der Waals surface area contributed by atoms with E-state index in [1.807, 2.05) is 0 Å². The van der Waals surface area contributed by atoms with Crippen LogP contribution in [0.1, 0.15) is 16.7 Å². The zero-order chi connectivity index (χ0) is 13.4. The van der Waals surface area contributed by atoms with Crippen molar-refractivity contribution in [1.82, 2.24) is 0 Å². The molecule has 0 radical (unpaired) electrons. The summed E-state index contributed by atoms with van der Waals surface area (Å²) in [6.07, 6.45) is -10.2. The SMILES string of the molecule is Fc1cc(CCl)c(C(F)(F)F)cc1C(F)(F)F. The summed E-state index contributed by atoms with van der Waals surface area (Å²) in [5.41, 5.74) is -4.27. The van der Waals surface area contributed by atoms with Gasteiger partial charge in [0.2, 0.25) is 0 Å². The van der Waals surface area contributed by atoms with Crippen molar-refractivity contribution in [1.29, 1.82) is 0 Å². The predicted octanol–water partition coefficient (Wildman–Crippen LogP) is 4.60. The Kier molecular flexibility index (Phi) is 3.61. The van der Waals surface area contributed by atoms with E-state index in [1.165, 1.54) is 0 Å². The molecule has 0 atom stereocenters. The largest absolute Gasteiger partial charge is 0.419 e. The van der Waals surface area contributed by atoms with Gasteiger partial charge < -0.3 is 0 Å². The molecule has 0 fully saturated rings. The zero-order valence-electron chi connectivity index (χ0n) is 7.89. The van der Waals surface area contributed by atoms with E-state index < -0.39 is 40.7 Å². The quantitative estimate of drug-likeness (QED) is 0.521. The summed E-state index contributed by atoms with van der Waals surface area (Å²) < 4.78 is 86.8. The molecule has 96 valence electrons. The highest BCUT2D eigenvalue weighted by atomic mass is 35.5. The third kappa shape index (κ3) is 3.02. The molecule has 8 heteroatoms. The van der Waals surface area contributed by atoms with Crippen LogP contribution in [0.3, 0.4) is 0 Å². The zero-order valence-corrected chi connectivity index (χ0v) is 8.64. The lowest BCUT2D eigenvalue weighted by Crippen LogP contribution is -2.15. The number of halogens is 8. The van der Waals surface area contributed by atoms with Crippen LogP contribution in [0.5, 0.6) is 0 Å². The van der Waals surface area contributed by atoms with Crippen LogP contribution >= 0.6 is 11.6 Å². The smallest absolute Gasteiger partial charge is 0.206 e. The van der Waals surface area contributed by atoms with E-state index in [4.69, 9.17) is 11.6 Å². The molecule has 1 aromatic carbocycles. The first-order valence-corrected chi connectivity index (χ1v) is 4.63. The molecular formula is C9H4ClF7. The third-order valence-electron chi connectivity index (χ3n) is 1.95. The van der Waals surface area contributed by atoms with E-state index in [2.05, 4.69) is 0 Å². The van der Waals surface area contributed by atoms with E-state index >= 15 is 0 Å². The Balaban J connectivity index is 3.49. The second kappa shape index (κ2) is 4.36. The Morgan fingerprint density at radius 3 is 1.71 bits per heavy atom. The molecule has 0 aliphatic heterocycles. The first kappa shape index (κ1) is 14.1. The maximum absolute atomic E-state index is 13.0. The first-order valence-electron chi connectivity index (χ1n) is 4.10. The minimum atomic E-state index is -5.19. The first-order chi connectivity index (χ1) is 7.57. The molecule has 0 aromatic heterocycles. The molecule has 0 bridgehead atoms. The van der Waals surface area contributed by atoms with Crippen LogP contribution in [0.25, 0.3) is 0 Å². The number of hydrogen-bond donors (Lipinski definition) is 0. The highest BCUT2D eigenvalue weighted by Gasteiger charge is 2.40. The van der Waals surface area contributed by atoms with Gasteiger partial charge in [-0.2, -0.15) is 26.3 Å². The van der Waals surface area contributed by atoms with Crippen LogP contribution in [0.15, 0.2) is 12.1 Å². The standard InChI is InChI=1S/C9H4ClF7/c10-3-4-1-7(11)6(9(15,16)17)2-5(4)8(12,13)14/h1-2H,3H2. The van der Waals surface area contributed by atoms with Crippen molar-refractivity contribution in [2.24, 2.45) is 0 Å². The van der Waals surface area contributed by atoms with Crippen molar-refractivity contribution < 1.29 is 30.7 Å². The predicted molar refractivity (Wildman–Crippen MR) is 46.0 cm³/mol.